The molecule has 1 aromatic rings. The van der Waals surface area contributed by atoms with Gasteiger partial charge in [-0.25, -0.2) is 0 Å². The fourth-order valence-electron chi connectivity index (χ4n) is 2.72. The molecule has 1 aliphatic heterocycles. The van der Waals surface area contributed by atoms with Crippen LogP contribution in [0.5, 0.6) is 0 Å². The highest BCUT2D eigenvalue weighted by Crippen LogP contribution is 2.06. The van der Waals surface area contributed by atoms with Crippen LogP contribution in [-0.4, -0.2) is 90.6 Å². The lowest BCUT2D eigenvalue weighted by Gasteiger charge is -2.36. The van der Waals surface area contributed by atoms with Crippen molar-refractivity contribution in [2.45, 2.75) is 19.9 Å². The zero-order valence-electron chi connectivity index (χ0n) is 15.2. The molecule has 0 spiro atoms. The highest BCUT2D eigenvalue weighted by atomic mass is 16.2. The summed E-state index contributed by atoms with van der Waals surface area (Å²) < 4.78 is 0. The Hall–Kier alpha value is -2.09. The van der Waals surface area contributed by atoms with E-state index in [0.717, 1.165) is 49.9 Å². The van der Waals surface area contributed by atoms with E-state index in [-0.39, 0.29) is 5.91 Å². The topological polar surface area (TPSA) is 79.9 Å². The summed E-state index contributed by atoms with van der Waals surface area (Å²) >= 11 is 0. The van der Waals surface area contributed by atoms with Gasteiger partial charge in [0, 0.05) is 78.1 Å². The number of aromatic nitrogens is 2. The number of nitrogens with one attached hydrogen (secondary N) is 2. The lowest BCUT2D eigenvalue weighted by atomic mass is 10.2. The van der Waals surface area contributed by atoms with Crippen LogP contribution in [0.1, 0.15) is 17.7 Å². The Morgan fingerprint density at radius 2 is 2.08 bits per heavy atom. The number of carbonyl (C=O) groups is 1. The number of rotatable bonds is 5. The Balaban J connectivity index is 1.75. The van der Waals surface area contributed by atoms with Gasteiger partial charge in [-0.3, -0.25) is 19.8 Å². The molecule has 2 heterocycles. The van der Waals surface area contributed by atoms with Gasteiger partial charge in [-0.2, -0.15) is 5.10 Å². The number of aryl methyl sites for hydroxylation is 1. The van der Waals surface area contributed by atoms with Gasteiger partial charge in [-0.15, -0.1) is 0 Å². The van der Waals surface area contributed by atoms with Crippen molar-refractivity contribution in [1.29, 1.82) is 0 Å². The zero-order valence-corrected chi connectivity index (χ0v) is 15.2. The number of hydrogen-bond donors (Lipinski definition) is 2. The van der Waals surface area contributed by atoms with E-state index in [9.17, 15) is 4.79 Å². The first-order valence-corrected chi connectivity index (χ1v) is 8.38. The predicted molar refractivity (Wildman–Crippen MR) is 94.8 cm³/mol. The van der Waals surface area contributed by atoms with E-state index in [4.69, 9.17) is 0 Å². The number of H-pyrrole nitrogens is 1. The number of amides is 1. The smallest absolute Gasteiger partial charge is 0.223 e. The zero-order chi connectivity index (χ0) is 17.5. The number of hydrogen-bond acceptors (Lipinski definition) is 4. The first kappa shape index (κ1) is 18.3. The molecule has 0 unspecified atom stereocenters. The molecule has 134 valence electrons. The van der Waals surface area contributed by atoms with Gasteiger partial charge in [0.2, 0.25) is 5.91 Å². The van der Waals surface area contributed by atoms with Crippen molar-refractivity contribution in [3.63, 3.8) is 0 Å². The van der Waals surface area contributed by atoms with Gasteiger partial charge in [0.25, 0.3) is 0 Å². The van der Waals surface area contributed by atoms with Crippen LogP contribution in [0.25, 0.3) is 0 Å². The maximum Gasteiger partial charge on any atom is 0.223 e. The molecule has 2 N–H and O–H groups in total. The summed E-state index contributed by atoms with van der Waals surface area (Å²) in [6, 6.07) is 0. The lowest BCUT2D eigenvalue weighted by molar-refractivity contribution is -0.129. The molecular formula is C16H29N7O. The summed E-state index contributed by atoms with van der Waals surface area (Å²) in [5.74, 6) is 1.10. The summed E-state index contributed by atoms with van der Waals surface area (Å²) in [6.07, 6.45) is 2.43. The average molecular weight is 335 g/mol. The van der Waals surface area contributed by atoms with Gasteiger partial charge in [-0.05, 0) is 6.92 Å². The molecule has 8 heteroatoms. The normalized spacial score (nSPS) is 16.3. The summed E-state index contributed by atoms with van der Waals surface area (Å²) in [5, 5.41) is 10.4. The highest BCUT2D eigenvalue weighted by molar-refractivity contribution is 5.80. The van der Waals surface area contributed by atoms with Crippen molar-refractivity contribution in [2.24, 2.45) is 4.99 Å². The molecule has 0 radical (unpaired) electrons. The standard InChI is InChI=1S/C16H29N7O/c1-13-14(12-19-20-13)11-18-16(17-2)23-9-7-22(8-10-23)6-5-15(24)21(3)4/h12H,5-11H2,1-4H3,(H,17,18)(H,19,20). The van der Waals surface area contributed by atoms with Crippen molar-refractivity contribution in [1.82, 2.24) is 30.2 Å². The fourth-order valence-corrected chi connectivity index (χ4v) is 2.72. The minimum atomic E-state index is 0.186. The Morgan fingerprint density at radius 3 is 2.62 bits per heavy atom. The Bertz CT molecular complexity index is 559. The number of aliphatic imine (C=N–C) groups is 1. The predicted octanol–water partition coefficient (Wildman–Crippen LogP) is -0.111. The van der Waals surface area contributed by atoms with E-state index in [1.54, 1.807) is 19.0 Å². The third-order valence-electron chi connectivity index (χ3n) is 4.40. The van der Waals surface area contributed by atoms with E-state index >= 15 is 0 Å². The van der Waals surface area contributed by atoms with E-state index < -0.39 is 0 Å². The third kappa shape index (κ3) is 4.95. The number of carbonyl (C=O) groups excluding carboxylic acids is 1. The van der Waals surface area contributed by atoms with Crippen molar-refractivity contribution < 1.29 is 4.79 Å². The SMILES string of the molecule is CN=C(NCc1cn[nH]c1C)N1CCN(CCC(=O)N(C)C)CC1. The van der Waals surface area contributed by atoms with Gasteiger partial charge in [0.1, 0.15) is 0 Å². The van der Waals surface area contributed by atoms with Crippen LogP contribution >= 0.6 is 0 Å². The van der Waals surface area contributed by atoms with Crippen LogP contribution in [0.3, 0.4) is 0 Å². The van der Waals surface area contributed by atoms with Crippen LogP contribution in [0.4, 0.5) is 0 Å². The molecule has 0 aliphatic carbocycles. The maximum absolute atomic E-state index is 11.7. The van der Waals surface area contributed by atoms with Crippen LogP contribution in [0.15, 0.2) is 11.2 Å². The lowest BCUT2D eigenvalue weighted by Crippen LogP contribution is -2.52. The number of piperazine rings is 1. The monoisotopic (exact) mass is 335 g/mol. The van der Waals surface area contributed by atoms with E-state index in [0.29, 0.717) is 13.0 Å². The molecule has 0 bridgehead atoms. The van der Waals surface area contributed by atoms with E-state index in [1.807, 2.05) is 20.2 Å². The molecule has 1 saturated heterocycles. The molecule has 8 nitrogen and oxygen atoms in total. The Morgan fingerprint density at radius 1 is 1.38 bits per heavy atom. The second-order valence-electron chi connectivity index (χ2n) is 6.29. The second-order valence-corrected chi connectivity index (χ2v) is 6.29. The Kier molecular flexibility index (Phi) is 6.60. The first-order valence-electron chi connectivity index (χ1n) is 8.38. The molecular weight excluding hydrogens is 306 g/mol. The molecule has 0 aromatic carbocycles. The molecule has 1 fully saturated rings. The number of nitrogens with zero attached hydrogens (tertiary/aromatic N) is 5. The number of aromatic amines is 1. The number of guanidine groups is 1. The van der Waals surface area contributed by atoms with Crippen LogP contribution in [0, 0.1) is 6.92 Å². The minimum absolute atomic E-state index is 0.186. The molecule has 0 atom stereocenters. The quantitative estimate of drug-likeness (QED) is 0.580. The molecule has 1 aromatic heterocycles. The van der Waals surface area contributed by atoms with Crippen LogP contribution in [0.2, 0.25) is 0 Å². The minimum Gasteiger partial charge on any atom is -0.352 e. The molecule has 1 aliphatic rings. The summed E-state index contributed by atoms with van der Waals surface area (Å²) in [5.41, 5.74) is 2.23. The van der Waals surface area contributed by atoms with E-state index in [1.165, 1.54) is 0 Å². The highest BCUT2D eigenvalue weighted by Gasteiger charge is 2.20. The van der Waals surface area contributed by atoms with Crippen LogP contribution < -0.4 is 5.32 Å². The second kappa shape index (κ2) is 8.68. The van der Waals surface area contributed by atoms with Gasteiger partial charge in [0.15, 0.2) is 5.96 Å². The van der Waals surface area contributed by atoms with Crippen LogP contribution in [-0.2, 0) is 11.3 Å². The summed E-state index contributed by atoms with van der Waals surface area (Å²) in [6.45, 7) is 7.29. The molecule has 1 amide bonds. The van der Waals surface area contributed by atoms with Crippen molar-refractivity contribution in [2.75, 3.05) is 53.9 Å². The van der Waals surface area contributed by atoms with Gasteiger partial charge in [0.05, 0.1) is 6.20 Å². The van der Waals surface area contributed by atoms with Gasteiger partial charge >= 0.3 is 0 Å². The molecule has 24 heavy (non-hydrogen) atoms. The largest absolute Gasteiger partial charge is 0.352 e. The van der Waals surface area contributed by atoms with Crippen molar-refractivity contribution in [3.8, 4) is 0 Å². The van der Waals surface area contributed by atoms with Gasteiger partial charge < -0.3 is 15.1 Å². The summed E-state index contributed by atoms with van der Waals surface area (Å²) in [4.78, 5) is 22.3. The first-order chi connectivity index (χ1) is 11.5. The van der Waals surface area contributed by atoms with Crippen molar-refractivity contribution in [3.05, 3.63) is 17.5 Å². The summed E-state index contributed by atoms with van der Waals surface area (Å²) in [7, 11) is 5.42. The molecule has 0 saturated carbocycles. The fraction of sp³-hybridized carbons (Fsp3) is 0.688. The Labute approximate surface area is 143 Å². The molecule has 2 rings (SSSR count). The van der Waals surface area contributed by atoms with Crippen molar-refractivity contribution >= 4 is 11.9 Å². The van der Waals surface area contributed by atoms with Gasteiger partial charge in [-0.1, -0.05) is 0 Å². The third-order valence-corrected chi connectivity index (χ3v) is 4.40. The van der Waals surface area contributed by atoms with E-state index in [2.05, 4.69) is 30.3 Å². The maximum atomic E-state index is 11.7. The average Bonchev–Trinajstić information content (AvgIpc) is 2.99.